The van der Waals surface area contributed by atoms with E-state index in [1.54, 1.807) is 0 Å². The quantitative estimate of drug-likeness (QED) is 0.707. The van der Waals surface area contributed by atoms with Crippen molar-refractivity contribution >= 4 is 35.0 Å². The van der Waals surface area contributed by atoms with Gasteiger partial charge in [-0.3, -0.25) is 19.7 Å². The predicted octanol–water partition coefficient (Wildman–Crippen LogP) is -0.455. The molecule has 0 aromatic carbocycles. The van der Waals surface area contributed by atoms with E-state index in [0.29, 0.717) is 0 Å². The number of rotatable bonds is 2. The molecule has 18 heavy (non-hydrogen) atoms. The van der Waals surface area contributed by atoms with Gasteiger partial charge in [0.1, 0.15) is 18.0 Å². The van der Waals surface area contributed by atoms with Crippen molar-refractivity contribution in [2.24, 2.45) is 0 Å². The van der Waals surface area contributed by atoms with Gasteiger partial charge in [-0.2, -0.15) is 0 Å². The van der Waals surface area contributed by atoms with Crippen molar-refractivity contribution in [2.45, 2.75) is 0 Å². The number of carbonyl (C=O) groups excluding carboxylic acids is 3. The molecule has 0 aliphatic carbocycles. The summed E-state index contributed by atoms with van der Waals surface area (Å²) in [7, 11) is 0. The monoisotopic (exact) mass is 268 g/mol. The molecule has 1 fully saturated rings. The van der Waals surface area contributed by atoms with Gasteiger partial charge in [0.2, 0.25) is 11.8 Å². The highest BCUT2D eigenvalue weighted by Crippen LogP contribution is 2.18. The molecule has 0 saturated carbocycles. The number of hydrogen-bond donors (Lipinski definition) is 2. The smallest absolute Gasteiger partial charge is 0.345 e. The van der Waals surface area contributed by atoms with Crippen LogP contribution in [-0.2, 0) is 9.59 Å². The summed E-state index contributed by atoms with van der Waals surface area (Å²) in [6.45, 7) is -0.407. The number of amides is 3. The summed E-state index contributed by atoms with van der Waals surface area (Å²) in [5.41, 5.74) is 0. The SMILES string of the molecule is O=C1CN(C(=O)c2ccc(C(=O)O)s2)CC(=O)N1. The molecule has 0 spiro atoms. The third-order valence-electron chi connectivity index (χ3n) is 2.26. The van der Waals surface area contributed by atoms with Crippen LogP contribution in [0.4, 0.5) is 0 Å². The van der Waals surface area contributed by atoms with Crippen LogP contribution in [0.25, 0.3) is 0 Å². The number of hydrogen-bond acceptors (Lipinski definition) is 5. The number of imide groups is 1. The molecule has 8 heteroatoms. The topological polar surface area (TPSA) is 104 Å². The Morgan fingerprint density at radius 2 is 1.72 bits per heavy atom. The van der Waals surface area contributed by atoms with Crippen molar-refractivity contribution in [2.75, 3.05) is 13.1 Å². The molecule has 2 N–H and O–H groups in total. The number of carboxylic acid groups (broad SMARTS) is 1. The zero-order valence-electron chi connectivity index (χ0n) is 9.00. The Kier molecular flexibility index (Phi) is 3.11. The van der Waals surface area contributed by atoms with Gasteiger partial charge in [0.25, 0.3) is 5.91 Å². The fourth-order valence-electron chi connectivity index (χ4n) is 1.50. The summed E-state index contributed by atoms with van der Waals surface area (Å²) in [4.78, 5) is 46.2. The van der Waals surface area contributed by atoms with E-state index in [9.17, 15) is 19.2 Å². The lowest BCUT2D eigenvalue weighted by atomic mass is 10.3. The van der Waals surface area contributed by atoms with E-state index in [2.05, 4.69) is 5.32 Å². The zero-order valence-corrected chi connectivity index (χ0v) is 9.82. The number of nitrogens with zero attached hydrogens (tertiary/aromatic N) is 1. The zero-order chi connectivity index (χ0) is 13.3. The summed E-state index contributed by atoms with van der Waals surface area (Å²) < 4.78 is 0. The second-order valence-electron chi connectivity index (χ2n) is 3.60. The lowest BCUT2D eigenvalue weighted by Crippen LogP contribution is -2.53. The Balaban J connectivity index is 2.17. The van der Waals surface area contributed by atoms with Gasteiger partial charge in [0.15, 0.2) is 0 Å². The van der Waals surface area contributed by atoms with Crippen LogP contribution in [0.1, 0.15) is 19.3 Å². The van der Waals surface area contributed by atoms with Crippen molar-refractivity contribution in [3.63, 3.8) is 0 Å². The first kappa shape index (κ1) is 12.2. The number of aromatic carboxylic acids is 1. The molecule has 0 bridgehead atoms. The van der Waals surface area contributed by atoms with Gasteiger partial charge in [-0.25, -0.2) is 4.79 Å². The molecule has 1 aliphatic heterocycles. The molecule has 1 aromatic heterocycles. The van der Waals surface area contributed by atoms with E-state index >= 15 is 0 Å². The van der Waals surface area contributed by atoms with Gasteiger partial charge in [-0.05, 0) is 12.1 Å². The molecule has 2 rings (SSSR count). The van der Waals surface area contributed by atoms with Crippen LogP contribution < -0.4 is 5.32 Å². The number of carbonyl (C=O) groups is 4. The fourth-order valence-corrected chi connectivity index (χ4v) is 2.32. The minimum absolute atomic E-state index is 0.0335. The van der Waals surface area contributed by atoms with Crippen molar-refractivity contribution in [3.8, 4) is 0 Å². The predicted molar refractivity (Wildman–Crippen MR) is 60.3 cm³/mol. The molecule has 94 valence electrons. The average molecular weight is 268 g/mol. The van der Waals surface area contributed by atoms with E-state index in [1.807, 2.05) is 0 Å². The van der Waals surface area contributed by atoms with Gasteiger partial charge in [-0.1, -0.05) is 0 Å². The molecular formula is C10H8N2O5S. The minimum Gasteiger partial charge on any atom is -0.477 e. The molecule has 1 aromatic rings. The summed E-state index contributed by atoms with van der Waals surface area (Å²) in [6.07, 6.45) is 0. The largest absolute Gasteiger partial charge is 0.477 e. The van der Waals surface area contributed by atoms with Crippen molar-refractivity contribution < 1.29 is 24.3 Å². The number of carboxylic acids is 1. The summed E-state index contributed by atoms with van der Waals surface area (Å²) in [6, 6.07) is 2.68. The standard InChI is InChI=1S/C10H8N2O5S/c13-7-3-12(4-8(14)11-7)9(15)5-1-2-6(18-5)10(16)17/h1-2H,3-4H2,(H,16,17)(H,11,13,14). The maximum absolute atomic E-state index is 11.9. The Morgan fingerprint density at radius 1 is 1.17 bits per heavy atom. The summed E-state index contributed by atoms with van der Waals surface area (Å²) >= 11 is 0.811. The second-order valence-corrected chi connectivity index (χ2v) is 4.69. The Hall–Kier alpha value is -2.22. The van der Waals surface area contributed by atoms with Crippen LogP contribution in [0.2, 0.25) is 0 Å². The Morgan fingerprint density at radius 3 is 2.22 bits per heavy atom. The molecule has 1 saturated heterocycles. The lowest BCUT2D eigenvalue weighted by Gasteiger charge is -2.24. The van der Waals surface area contributed by atoms with Crippen LogP contribution >= 0.6 is 11.3 Å². The Bertz CT molecular complexity index is 534. The maximum Gasteiger partial charge on any atom is 0.345 e. The van der Waals surface area contributed by atoms with Crippen LogP contribution in [-0.4, -0.2) is 46.8 Å². The lowest BCUT2D eigenvalue weighted by molar-refractivity contribution is -0.135. The van der Waals surface area contributed by atoms with Gasteiger partial charge in [0.05, 0.1) is 4.88 Å². The van der Waals surface area contributed by atoms with E-state index in [1.165, 1.54) is 12.1 Å². The maximum atomic E-state index is 11.9. The van der Waals surface area contributed by atoms with E-state index in [4.69, 9.17) is 5.11 Å². The van der Waals surface area contributed by atoms with Gasteiger partial charge in [0, 0.05) is 0 Å². The normalized spacial score (nSPS) is 15.4. The third kappa shape index (κ3) is 2.38. The molecule has 0 atom stereocenters. The fraction of sp³-hybridized carbons (Fsp3) is 0.200. The molecule has 2 heterocycles. The highest BCUT2D eigenvalue weighted by molar-refractivity contribution is 7.15. The number of thiophene rings is 1. The van der Waals surface area contributed by atoms with Gasteiger partial charge < -0.3 is 10.0 Å². The van der Waals surface area contributed by atoms with Crippen molar-refractivity contribution in [1.82, 2.24) is 10.2 Å². The first-order valence-corrected chi connectivity index (χ1v) is 5.74. The number of piperazine rings is 1. The van der Waals surface area contributed by atoms with E-state index in [-0.39, 0.29) is 22.8 Å². The average Bonchev–Trinajstić information content (AvgIpc) is 2.75. The second kappa shape index (κ2) is 4.57. The molecule has 0 unspecified atom stereocenters. The van der Waals surface area contributed by atoms with Gasteiger partial charge >= 0.3 is 5.97 Å². The number of nitrogens with one attached hydrogen (secondary N) is 1. The summed E-state index contributed by atoms with van der Waals surface area (Å²) in [5, 5.41) is 10.8. The van der Waals surface area contributed by atoms with E-state index < -0.39 is 23.7 Å². The third-order valence-corrected chi connectivity index (χ3v) is 3.32. The summed E-state index contributed by atoms with van der Waals surface area (Å²) in [5.74, 6) is -2.73. The Labute approximate surface area is 105 Å². The first-order valence-electron chi connectivity index (χ1n) is 4.92. The molecule has 3 amide bonds. The van der Waals surface area contributed by atoms with Crippen molar-refractivity contribution in [1.29, 1.82) is 0 Å². The molecule has 7 nitrogen and oxygen atoms in total. The van der Waals surface area contributed by atoms with Gasteiger partial charge in [-0.15, -0.1) is 11.3 Å². The molecular weight excluding hydrogens is 260 g/mol. The van der Waals surface area contributed by atoms with Crippen LogP contribution in [0.3, 0.4) is 0 Å². The molecule has 1 aliphatic rings. The van der Waals surface area contributed by atoms with Crippen LogP contribution in [0.15, 0.2) is 12.1 Å². The molecule has 0 radical (unpaired) electrons. The highest BCUT2D eigenvalue weighted by Gasteiger charge is 2.28. The van der Waals surface area contributed by atoms with E-state index in [0.717, 1.165) is 16.2 Å². The van der Waals surface area contributed by atoms with Crippen LogP contribution in [0.5, 0.6) is 0 Å². The van der Waals surface area contributed by atoms with Crippen molar-refractivity contribution in [3.05, 3.63) is 21.9 Å². The highest BCUT2D eigenvalue weighted by atomic mass is 32.1. The minimum atomic E-state index is -1.12. The first-order chi connectivity index (χ1) is 8.47. The van der Waals surface area contributed by atoms with Crippen LogP contribution in [0, 0.1) is 0 Å².